The van der Waals surface area contributed by atoms with Gasteiger partial charge < -0.3 is 35.3 Å². The molecule has 0 aliphatic carbocycles. The zero-order chi connectivity index (χ0) is 32.5. The SMILES string of the molecule is CC(C)(N)C(=O)NC(COCc1ccccc1)C(=O)Nc1cn(C(C(=O)N2CCCC2)c2ccc(Oc3ccccc3)cc2)cn1. The number of likely N-dealkylation sites (tertiary alicyclic amines) is 1. The summed E-state index contributed by atoms with van der Waals surface area (Å²) in [4.78, 5) is 46.1. The molecule has 0 spiro atoms. The number of ether oxygens (including phenoxy) is 2. The first-order chi connectivity index (χ1) is 22.2. The number of hydrogen-bond acceptors (Lipinski definition) is 7. The van der Waals surface area contributed by atoms with Gasteiger partial charge in [-0.05, 0) is 62.1 Å². The van der Waals surface area contributed by atoms with Crippen molar-refractivity contribution in [2.75, 3.05) is 25.0 Å². The highest BCUT2D eigenvalue weighted by atomic mass is 16.5. The van der Waals surface area contributed by atoms with Gasteiger partial charge in [0.05, 0.1) is 25.1 Å². The minimum atomic E-state index is -1.20. The first-order valence-corrected chi connectivity index (χ1v) is 15.3. The molecule has 1 saturated heterocycles. The fourth-order valence-corrected chi connectivity index (χ4v) is 5.05. The van der Waals surface area contributed by atoms with E-state index in [9.17, 15) is 14.4 Å². The van der Waals surface area contributed by atoms with Crippen LogP contribution in [0.3, 0.4) is 0 Å². The summed E-state index contributed by atoms with van der Waals surface area (Å²) in [5.74, 6) is 0.490. The molecule has 1 aliphatic heterocycles. The second-order valence-electron chi connectivity index (χ2n) is 11.9. The Bertz CT molecular complexity index is 1600. The molecule has 4 aromatic rings. The molecule has 4 N–H and O–H groups in total. The van der Waals surface area contributed by atoms with Gasteiger partial charge in [0.1, 0.15) is 23.6 Å². The summed E-state index contributed by atoms with van der Waals surface area (Å²) in [5, 5.41) is 5.46. The Kier molecular flexibility index (Phi) is 10.5. The summed E-state index contributed by atoms with van der Waals surface area (Å²) in [6.07, 6.45) is 5.03. The number of nitrogens with one attached hydrogen (secondary N) is 2. The Morgan fingerprint density at radius 3 is 2.20 bits per heavy atom. The number of carbonyl (C=O) groups is 3. The van der Waals surface area contributed by atoms with E-state index in [4.69, 9.17) is 15.2 Å². The average Bonchev–Trinajstić information content (AvgIpc) is 3.75. The molecule has 2 unspecified atom stereocenters. The lowest BCUT2D eigenvalue weighted by Gasteiger charge is -2.25. The number of benzene rings is 3. The van der Waals surface area contributed by atoms with Crippen LogP contribution in [0.4, 0.5) is 5.82 Å². The van der Waals surface area contributed by atoms with E-state index in [1.54, 1.807) is 24.6 Å². The van der Waals surface area contributed by atoms with E-state index < -0.39 is 29.4 Å². The minimum Gasteiger partial charge on any atom is -0.457 e. The molecule has 0 bridgehead atoms. The van der Waals surface area contributed by atoms with Crippen LogP contribution in [0.2, 0.25) is 0 Å². The summed E-state index contributed by atoms with van der Waals surface area (Å²) in [7, 11) is 0. The lowest BCUT2D eigenvalue weighted by Crippen LogP contribution is -2.56. The highest BCUT2D eigenvalue weighted by molar-refractivity contribution is 5.98. The van der Waals surface area contributed by atoms with Crippen molar-refractivity contribution in [3.8, 4) is 11.5 Å². The lowest BCUT2D eigenvalue weighted by atomic mass is 10.1. The van der Waals surface area contributed by atoms with Crippen molar-refractivity contribution in [1.82, 2.24) is 19.8 Å². The normalized spacial score (nSPS) is 14.4. The first kappa shape index (κ1) is 32.4. The van der Waals surface area contributed by atoms with Crippen LogP contribution in [0.5, 0.6) is 11.5 Å². The Hall–Kier alpha value is -5.00. The zero-order valence-corrected chi connectivity index (χ0v) is 26.1. The van der Waals surface area contributed by atoms with E-state index >= 15 is 0 Å². The van der Waals surface area contributed by atoms with Crippen molar-refractivity contribution < 1.29 is 23.9 Å². The number of imidazole rings is 1. The maximum atomic E-state index is 13.8. The molecule has 2 heterocycles. The first-order valence-electron chi connectivity index (χ1n) is 15.3. The Balaban J connectivity index is 1.32. The van der Waals surface area contributed by atoms with Gasteiger partial charge >= 0.3 is 0 Å². The van der Waals surface area contributed by atoms with Crippen LogP contribution in [0.1, 0.15) is 43.9 Å². The van der Waals surface area contributed by atoms with Gasteiger partial charge in [0.15, 0.2) is 5.82 Å². The number of carbonyl (C=O) groups excluding carboxylic acids is 3. The van der Waals surface area contributed by atoms with Gasteiger partial charge in [-0.1, -0.05) is 60.7 Å². The van der Waals surface area contributed by atoms with E-state index in [1.807, 2.05) is 89.8 Å². The van der Waals surface area contributed by atoms with Gasteiger partial charge in [0.2, 0.25) is 11.8 Å². The topological polar surface area (TPSA) is 141 Å². The van der Waals surface area contributed by atoms with E-state index in [0.29, 0.717) is 24.6 Å². The van der Waals surface area contributed by atoms with E-state index in [-0.39, 0.29) is 24.9 Å². The molecule has 3 aromatic carbocycles. The number of anilines is 1. The molecule has 11 nitrogen and oxygen atoms in total. The summed E-state index contributed by atoms with van der Waals surface area (Å²) in [5.41, 5.74) is 6.45. The molecular weight excluding hydrogens is 584 g/mol. The number of rotatable bonds is 13. The summed E-state index contributed by atoms with van der Waals surface area (Å²) < 4.78 is 13.4. The number of nitrogens with zero attached hydrogens (tertiary/aromatic N) is 3. The molecule has 0 radical (unpaired) electrons. The van der Waals surface area contributed by atoms with Crippen LogP contribution in [0.25, 0.3) is 0 Å². The van der Waals surface area contributed by atoms with Crippen LogP contribution in [-0.2, 0) is 25.7 Å². The number of amides is 3. The maximum absolute atomic E-state index is 13.8. The fourth-order valence-electron chi connectivity index (χ4n) is 5.05. The molecule has 46 heavy (non-hydrogen) atoms. The third kappa shape index (κ3) is 8.58. The Labute approximate surface area is 268 Å². The number of aromatic nitrogens is 2. The largest absolute Gasteiger partial charge is 0.457 e. The maximum Gasteiger partial charge on any atom is 0.250 e. The van der Waals surface area contributed by atoms with Crippen molar-refractivity contribution in [3.63, 3.8) is 0 Å². The van der Waals surface area contributed by atoms with Gasteiger partial charge in [-0.15, -0.1) is 0 Å². The molecule has 1 aromatic heterocycles. The molecule has 11 heteroatoms. The van der Waals surface area contributed by atoms with E-state index in [0.717, 1.165) is 24.0 Å². The second kappa shape index (κ2) is 14.9. The van der Waals surface area contributed by atoms with Gasteiger partial charge in [0, 0.05) is 19.3 Å². The molecule has 2 atom stereocenters. The quantitative estimate of drug-likeness (QED) is 0.202. The van der Waals surface area contributed by atoms with Gasteiger partial charge in [-0.25, -0.2) is 4.98 Å². The van der Waals surface area contributed by atoms with Crippen molar-refractivity contribution in [3.05, 3.63) is 109 Å². The third-order valence-electron chi connectivity index (χ3n) is 7.58. The third-order valence-corrected chi connectivity index (χ3v) is 7.58. The smallest absolute Gasteiger partial charge is 0.250 e. The van der Waals surface area contributed by atoms with Crippen LogP contribution >= 0.6 is 0 Å². The highest BCUT2D eigenvalue weighted by Gasteiger charge is 2.31. The van der Waals surface area contributed by atoms with Crippen LogP contribution in [0.15, 0.2) is 97.5 Å². The van der Waals surface area contributed by atoms with Crippen molar-refractivity contribution in [2.45, 2.75) is 50.9 Å². The fraction of sp³-hybridized carbons (Fsp3) is 0.314. The predicted octanol–water partition coefficient (Wildman–Crippen LogP) is 4.26. The molecule has 1 aliphatic rings. The predicted molar refractivity (Wildman–Crippen MR) is 174 cm³/mol. The monoisotopic (exact) mass is 624 g/mol. The van der Waals surface area contributed by atoms with E-state index in [1.165, 1.54) is 6.33 Å². The molecule has 3 amide bonds. The van der Waals surface area contributed by atoms with Gasteiger partial charge in [-0.3, -0.25) is 14.4 Å². The molecule has 5 rings (SSSR count). The van der Waals surface area contributed by atoms with Gasteiger partial charge in [0.25, 0.3) is 5.91 Å². The molecule has 1 fully saturated rings. The average molecular weight is 625 g/mol. The van der Waals surface area contributed by atoms with Crippen LogP contribution in [0, 0.1) is 0 Å². The second-order valence-corrected chi connectivity index (χ2v) is 11.9. The van der Waals surface area contributed by atoms with Crippen LogP contribution < -0.4 is 21.1 Å². The molecular formula is C35H40N6O5. The summed E-state index contributed by atoms with van der Waals surface area (Å²) >= 11 is 0. The van der Waals surface area contributed by atoms with Crippen molar-refractivity contribution >= 4 is 23.5 Å². The minimum absolute atomic E-state index is 0.0610. The highest BCUT2D eigenvalue weighted by Crippen LogP contribution is 2.28. The standard InChI is InChI=1S/C35H40N6O5/c1-35(2,36)34(44)38-29(23-45-22-25-11-5-3-6-12-25)32(42)39-30-21-41(24-37-30)31(33(43)40-19-9-10-20-40)26-15-17-28(18-16-26)46-27-13-7-4-8-14-27/h3-8,11-18,21,24,29,31H,9-10,19-20,22-23,36H2,1-2H3,(H,38,44)(H,39,42). The van der Waals surface area contributed by atoms with Crippen molar-refractivity contribution in [1.29, 1.82) is 0 Å². The molecule has 240 valence electrons. The Morgan fingerprint density at radius 2 is 1.54 bits per heavy atom. The van der Waals surface area contributed by atoms with Crippen molar-refractivity contribution in [2.24, 2.45) is 5.73 Å². The Morgan fingerprint density at radius 1 is 0.913 bits per heavy atom. The van der Waals surface area contributed by atoms with Gasteiger partial charge in [-0.2, -0.15) is 0 Å². The van der Waals surface area contributed by atoms with E-state index in [2.05, 4.69) is 15.6 Å². The number of hydrogen-bond donors (Lipinski definition) is 3. The lowest BCUT2D eigenvalue weighted by molar-refractivity contribution is -0.132. The summed E-state index contributed by atoms with van der Waals surface area (Å²) in [6.45, 7) is 4.66. The summed E-state index contributed by atoms with van der Waals surface area (Å²) in [6, 6.07) is 24.6. The molecule has 0 saturated carbocycles. The zero-order valence-electron chi connectivity index (χ0n) is 26.1. The number of para-hydroxylation sites is 1. The van der Waals surface area contributed by atoms with Crippen LogP contribution in [-0.4, -0.2) is 63.4 Å². The number of nitrogens with two attached hydrogens (primary N) is 1.